The van der Waals surface area contributed by atoms with Crippen LogP contribution >= 0.6 is 0 Å². The molecule has 2 aliphatic heterocycles. The Balaban J connectivity index is 1.66. The molecule has 2 saturated heterocycles. The number of phenolic OH excluding ortho intramolecular Hbond substituents is 1. The molecule has 1 aromatic carbocycles. The van der Waals surface area contributed by atoms with Crippen LogP contribution < -0.4 is 0 Å². The van der Waals surface area contributed by atoms with Gasteiger partial charge in [0, 0.05) is 77.6 Å². The molecule has 3 rings (SSSR count). The lowest BCUT2D eigenvalue weighted by Crippen LogP contribution is -2.39. The van der Waals surface area contributed by atoms with Crippen LogP contribution in [0.1, 0.15) is 5.56 Å². The second-order valence-corrected chi connectivity index (χ2v) is 6.50. The average molecular weight is 322 g/mol. The molecule has 0 radical (unpaired) electrons. The highest BCUT2D eigenvalue weighted by molar-refractivity contribution is 5.31. The van der Waals surface area contributed by atoms with Gasteiger partial charge < -0.3 is 5.11 Å². The topological polar surface area (TPSA) is 33.2 Å². The van der Waals surface area contributed by atoms with Crippen molar-refractivity contribution in [2.45, 2.75) is 6.54 Å². The number of aromatic hydroxyl groups is 1. The Kier molecular flexibility index (Phi) is 5.83. The molecule has 2 aliphatic rings. The molecule has 5 nitrogen and oxygen atoms in total. The Morgan fingerprint density at radius 3 is 1.91 bits per heavy atom. The Morgan fingerprint density at radius 1 is 0.783 bits per heavy atom. The maximum Gasteiger partial charge on any atom is 0.120 e. The Morgan fingerprint density at radius 2 is 1.30 bits per heavy atom. The highest BCUT2D eigenvalue weighted by Gasteiger charge is 2.20. The first kappa shape index (κ1) is 16.6. The summed E-state index contributed by atoms with van der Waals surface area (Å²) in [6.07, 6.45) is 0. The number of hydrogen-bond donors (Lipinski definition) is 1. The van der Waals surface area contributed by atoms with E-state index < -0.39 is 0 Å². The quantitative estimate of drug-likeness (QED) is 0.822. The van der Waals surface area contributed by atoms with Gasteiger partial charge in [-0.15, -0.1) is 9.60 Å². The summed E-state index contributed by atoms with van der Waals surface area (Å²) in [7, 11) is 0. The molecular weight excluding hydrogens is 295 g/mol. The predicted molar refractivity (Wildman–Crippen MR) is 88.9 cm³/mol. The summed E-state index contributed by atoms with van der Waals surface area (Å²) >= 11 is 0. The Labute approximate surface area is 137 Å². The molecule has 23 heavy (non-hydrogen) atoms. The van der Waals surface area contributed by atoms with Crippen LogP contribution in [0, 0.1) is 0 Å². The zero-order valence-corrected chi connectivity index (χ0v) is 13.7. The zero-order chi connectivity index (χ0) is 16.1. The second-order valence-electron chi connectivity index (χ2n) is 6.50. The SMILES string of the molecule is Oc1ccccc1CN1CCN2CCN(F)CCN(CC2)CC1. The number of halogens is 1. The molecule has 2 fully saturated rings. The first-order chi connectivity index (χ1) is 11.2. The molecule has 0 amide bonds. The van der Waals surface area contributed by atoms with E-state index in [1.165, 1.54) is 0 Å². The number of para-hydroxylation sites is 1. The monoisotopic (exact) mass is 322 g/mol. The van der Waals surface area contributed by atoms with Gasteiger partial charge in [-0.2, -0.15) is 0 Å². The average Bonchev–Trinajstić information content (AvgIpc) is 2.69. The van der Waals surface area contributed by atoms with Crippen LogP contribution in [0.4, 0.5) is 4.48 Å². The molecule has 2 unspecified atom stereocenters. The van der Waals surface area contributed by atoms with Crippen molar-refractivity contribution in [2.24, 2.45) is 0 Å². The minimum Gasteiger partial charge on any atom is -0.508 e. The van der Waals surface area contributed by atoms with E-state index in [-0.39, 0.29) is 0 Å². The van der Waals surface area contributed by atoms with E-state index in [2.05, 4.69) is 14.7 Å². The summed E-state index contributed by atoms with van der Waals surface area (Å²) in [5.41, 5.74) is 0.979. The minimum absolute atomic E-state index is 0.371. The molecular formula is C17H27FN4O. The van der Waals surface area contributed by atoms with Gasteiger partial charge in [-0.05, 0) is 6.07 Å². The van der Waals surface area contributed by atoms with E-state index in [1.54, 1.807) is 6.07 Å². The predicted octanol–water partition coefficient (Wildman–Crippen LogP) is 1.01. The van der Waals surface area contributed by atoms with Crippen molar-refractivity contribution >= 4 is 0 Å². The smallest absolute Gasteiger partial charge is 0.120 e. The molecule has 128 valence electrons. The maximum atomic E-state index is 13.7. The van der Waals surface area contributed by atoms with Gasteiger partial charge in [0.1, 0.15) is 5.75 Å². The summed E-state index contributed by atoms with van der Waals surface area (Å²) in [5, 5.41) is 11.0. The molecule has 1 aromatic rings. The molecule has 6 heteroatoms. The fourth-order valence-electron chi connectivity index (χ4n) is 3.29. The van der Waals surface area contributed by atoms with E-state index in [1.807, 2.05) is 18.2 Å². The fourth-order valence-corrected chi connectivity index (χ4v) is 3.29. The summed E-state index contributed by atoms with van der Waals surface area (Å²) in [4.78, 5) is 7.11. The summed E-state index contributed by atoms with van der Waals surface area (Å²) < 4.78 is 13.7. The number of hydrogen-bond acceptors (Lipinski definition) is 5. The summed E-state index contributed by atoms with van der Waals surface area (Å²) in [5.74, 6) is 0.371. The summed E-state index contributed by atoms with van der Waals surface area (Å²) in [6, 6.07) is 7.56. The van der Waals surface area contributed by atoms with Crippen LogP contribution in [0.5, 0.6) is 5.75 Å². The highest BCUT2D eigenvalue weighted by atomic mass is 19.2. The third-order valence-corrected chi connectivity index (χ3v) is 4.90. The van der Waals surface area contributed by atoms with Gasteiger partial charge in [0.25, 0.3) is 0 Å². The highest BCUT2D eigenvalue weighted by Crippen LogP contribution is 2.18. The number of nitrogens with zero attached hydrogens (tertiary/aromatic N) is 4. The van der Waals surface area contributed by atoms with E-state index in [4.69, 9.17) is 0 Å². The Hall–Kier alpha value is -1.21. The molecule has 2 bridgehead atoms. The van der Waals surface area contributed by atoms with E-state index in [0.717, 1.165) is 69.6 Å². The van der Waals surface area contributed by atoms with Crippen molar-refractivity contribution in [1.82, 2.24) is 19.8 Å². The van der Waals surface area contributed by atoms with Crippen LogP contribution in [0.25, 0.3) is 0 Å². The third-order valence-electron chi connectivity index (χ3n) is 4.90. The third kappa shape index (κ3) is 4.88. The normalized spacial score (nSPS) is 28.2. The van der Waals surface area contributed by atoms with E-state index in [0.29, 0.717) is 18.8 Å². The molecule has 2 heterocycles. The minimum atomic E-state index is 0.371. The molecule has 0 aliphatic carbocycles. The van der Waals surface area contributed by atoms with Crippen molar-refractivity contribution in [3.8, 4) is 5.75 Å². The molecule has 0 saturated carbocycles. The number of rotatable bonds is 2. The van der Waals surface area contributed by atoms with Crippen LogP contribution in [-0.2, 0) is 6.54 Å². The van der Waals surface area contributed by atoms with Gasteiger partial charge >= 0.3 is 0 Å². The molecule has 1 N–H and O–H groups in total. The van der Waals surface area contributed by atoms with Gasteiger partial charge in [-0.25, -0.2) is 0 Å². The number of phenols is 1. The van der Waals surface area contributed by atoms with Crippen molar-refractivity contribution < 1.29 is 9.59 Å². The van der Waals surface area contributed by atoms with Gasteiger partial charge in [-0.1, -0.05) is 18.2 Å². The first-order valence-electron chi connectivity index (χ1n) is 8.55. The lowest BCUT2D eigenvalue weighted by molar-refractivity contribution is 0.0120. The largest absolute Gasteiger partial charge is 0.508 e. The van der Waals surface area contributed by atoms with Crippen molar-refractivity contribution in [3.05, 3.63) is 29.8 Å². The van der Waals surface area contributed by atoms with E-state index in [9.17, 15) is 9.59 Å². The lowest BCUT2D eigenvalue weighted by Gasteiger charge is -2.27. The van der Waals surface area contributed by atoms with Crippen LogP contribution in [0.3, 0.4) is 0 Å². The zero-order valence-electron chi connectivity index (χ0n) is 13.7. The molecule has 2 atom stereocenters. The second kappa shape index (κ2) is 8.06. The number of benzene rings is 1. The maximum absolute atomic E-state index is 13.7. The standard InChI is InChI=1S/C17H27FN4O/c18-22-13-11-19-5-6-20(12-14-22)8-10-21(9-7-19)15-16-3-1-2-4-17(16)23/h1-4,23H,5-15H2. The van der Waals surface area contributed by atoms with Gasteiger partial charge in [0.05, 0.1) is 0 Å². The fraction of sp³-hybridized carbons (Fsp3) is 0.647. The lowest BCUT2D eigenvalue weighted by atomic mass is 10.2. The van der Waals surface area contributed by atoms with Crippen LogP contribution in [0.2, 0.25) is 0 Å². The van der Waals surface area contributed by atoms with Crippen molar-refractivity contribution in [3.63, 3.8) is 0 Å². The molecule has 0 spiro atoms. The van der Waals surface area contributed by atoms with Gasteiger partial charge in [0.15, 0.2) is 0 Å². The van der Waals surface area contributed by atoms with Gasteiger partial charge in [-0.3, -0.25) is 14.7 Å². The van der Waals surface area contributed by atoms with E-state index >= 15 is 0 Å². The van der Waals surface area contributed by atoms with Crippen LogP contribution in [0.15, 0.2) is 24.3 Å². The number of fused-ring (bicyclic) bond motifs is 3. The van der Waals surface area contributed by atoms with Crippen molar-refractivity contribution in [2.75, 3.05) is 65.4 Å². The van der Waals surface area contributed by atoms with Crippen molar-refractivity contribution in [1.29, 1.82) is 0 Å². The summed E-state index contributed by atoms with van der Waals surface area (Å²) in [6.45, 7) is 9.16. The first-order valence-corrected chi connectivity index (χ1v) is 8.55. The Bertz CT molecular complexity index is 481. The van der Waals surface area contributed by atoms with Gasteiger partial charge in [0.2, 0.25) is 0 Å². The molecule has 0 aromatic heterocycles. The van der Waals surface area contributed by atoms with Crippen LogP contribution in [-0.4, -0.2) is 90.4 Å².